The molecule has 138 valence electrons. The predicted octanol–water partition coefficient (Wildman–Crippen LogP) is 1.81. The fourth-order valence-corrected chi connectivity index (χ4v) is 3.30. The van der Waals surface area contributed by atoms with Crippen molar-refractivity contribution in [2.24, 2.45) is 0 Å². The molecule has 0 spiro atoms. The van der Waals surface area contributed by atoms with E-state index in [0.29, 0.717) is 31.2 Å². The number of likely N-dealkylation sites (tertiary alicyclic amines) is 1. The van der Waals surface area contributed by atoms with E-state index in [4.69, 9.17) is 4.52 Å². The molecular formula is C14H23ClF3N5O. The molecule has 0 amide bonds. The lowest BCUT2D eigenvalue weighted by molar-refractivity contribution is -0.148. The quantitative estimate of drug-likeness (QED) is 0.877. The van der Waals surface area contributed by atoms with Gasteiger partial charge < -0.3 is 9.84 Å². The Labute approximate surface area is 145 Å². The van der Waals surface area contributed by atoms with Crippen molar-refractivity contribution in [2.45, 2.75) is 31.0 Å². The number of hydrogen-bond donors (Lipinski definition) is 1. The Morgan fingerprint density at radius 2 is 2.12 bits per heavy atom. The summed E-state index contributed by atoms with van der Waals surface area (Å²) in [5, 5.41) is 7.35. The van der Waals surface area contributed by atoms with E-state index in [-0.39, 0.29) is 24.4 Å². The first-order valence-electron chi connectivity index (χ1n) is 7.96. The summed E-state index contributed by atoms with van der Waals surface area (Å²) in [5.41, 5.74) is 0. The van der Waals surface area contributed by atoms with Crippen LogP contribution < -0.4 is 5.32 Å². The fourth-order valence-electron chi connectivity index (χ4n) is 3.30. The van der Waals surface area contributed by atoms with Crippen LogP contribution in [0.15, 0.2) is 4.52 Å². The summed E-state index contributed by atoms with van der Waals surface area (Å²) in [6.45, 7) is 2.48. The minimum atomic E-state index is -4.17. The van der Waals surface area contributed by atoms with Gasteiger partial charge in [-0.05, 0) is 26.4 Å². The van der Waals surface area contributed by atoms with Gasteiger partial charge in [0.15, 0.2) is 5.82 Å². The maximum atomic E-state index is 12.6. The van der Waals surface area contributed by atoms with Gasteiger partial charge in [0.2, 0.25) is 5.89 Å². The monoisotopic (exact) mass is 369 g/mol. The van der Waals surface area contributed by atoms with Crippen LogP contribution in [-0.4, -0.2) is 72.4 Å². The second kappa shape index (κ2) is 7.99. The van der Waals surface area contributed by atoms with Crippen molar-refractivity contribution in [3.05, 3.63) is 11.7 Å². The second-order valence-electron chi connectivity index (χ2n) is 6.38. The van der Waals surface area contributed by atoms with Crippen LogP contribution in [0.5, 0.6) is 0 Å². The second-order valence-corrected chi connectivity index (χ2v) is 6.38. The van der Waals surface area contributed by atoms with Crippen molar-refractivity contribution in [1.82, 2.24) is 25.3 Å². The van der Waals surface area contributed by atoms with Crippen LogP contribution in [0.25, 0.3) is 0 Å². The van der Waals surface area contributed by atoms with Crippen molar-refractivity contribution >= 4 is 12.4 Å². The number of halogens is 4. The smallest absolute Gasteiger partial charge is 0.339 e. The molecule has 24 heavy (non-hydrogen) atoms. The van der Waals surface area contributed by atoms with Gasteiger partial charge in [-0.25, -0.2) is 0 Å². The van der Waals surface area contributed by atoms with E-state index in [1.165, 1.54) is 4.90 Å². The van der Waals surface area contributed by atoms with Crippen LogP contribution in [0, 0.1) is 0 Å². The number of nitrogens with zero attached hydrogens (tertiary/aromatic N) is 4. The number of hydrogen-bond acceptors (Lipinski definition) is 6. The average Bonchev–Trinajstić information content (AvgIpc) is 2.96. The first kappa shape index (κ1) is 19.4. The molecule has 0 aliphatic carbocycles. The van der Waals surface area contributed by atoms with E-state index in [9.17, 15) is 13.2 Å². The van der Waals surface area contributed by atoms with Gasteiger partial charge in [-0.15, -0.1) is 12.4 Å². The molecule has 6 nitrogen and oxygen atoms in total. The van der Waals surface area contributed by atoms with Crippen LogP contribution in [0.4, 0.5) is 13.2 Å². The molecule has 3 rings (SSSR count). The lowest BCUT2D eigenvalue weighted by Gasteiger charge is -2.31. The van der Waals surface area contributed by atoms with Crippen LogP contribution >= 0.6 is 12.4 Å². The molecular weight excluding hydrogens is 347 g/mol. The van der Waals surface area contributed by atoms with E-state index in [1.807, 2.05) is 7.05 Å². The normalized spacial score (nSPS) is 27.0. The summed E-state index contributed by atoms with van der Waals surface area (Å²) in [4.78, 5) is 8.05. The Kier molecular flexibility index (Phi) is 6.46. The van der Waals surface area contributed by atoms with Crippen molar-refractivity contribution in [2.75, 3.05) is 46.3 Å². The summed E-state index contributed by atoms with van der Waals surface area (Å²) in [6, 6.07) is 0.0520. The zero-order chi connectivity index (χ0) is 16.4. The Morgan fingerprint density at radius 3 is 2.83 bits per heavy atom. The van der Waals surface area contributed by atoms with Crippen molar-refractivity contribution < 1.29 is 17.7 Å². The van der Waals surface area contributed by atoms with Crippen LogP contribution in [-0.2, 0) is 0 Å². The summed E-state index contributed by atoms with van der Waals surface area (Å²) in [6.07, 6.45) is -2.67. The number of aromatic nitrogens is 2. The van der Waals surface area contributed by atoms with Gasteiger partial charge in [0.05, 0.1) is 18.5 Å². The Bertz CT molecular complexity index is 527. The number of likely N-dealkylation sites (N-methyl/N-ethyl adjacent to an activating group) is 1. The molecule has 0 saturated carbocycles. The first-order chi connectivity index (χ1) is 10.9. The number of alkyl halides is 3. The summed E-state index contributed by atoms with van der Waals surface area (Å²) < 4.78 is 43.0. The molecule has 2 fully saturated rings. The van der Waals surface area contributed by atoms with E-state index < -0.39 is 12.7 Å². The maximum Gasteiger partial charge on any atom is 0.401 e. The third-order valence-corrected chi connectivity index (χ3v) is 4.52. The lowest BCUT2D eigenvalue weighted by atomic mass is 9.98. The lowest BCUT2D eigenvalue weighted by Crippen LogP contribution is -2.44. The fraction of sp³-hybridized carbons (Fsp3) is 0.857. The molecule has 3 heterocycles. The van der Waals surface area contributed by atoms with Crippen LogP contribution in [0.3, 0.4) is 0 Å². The van der Waals surface area contributed by atoms with E-state index in [0.717, 1.165) is 26.1 Å². The van der Waals surface area contributed by atoms with Crippen molar-refractivity contribution in [3.63, 3.8) is 0 Å². The molecule has 2 saturated heterocycles. The molecule has 2 atom stereocenters. The Balaban J connectivity index is 0.00000208. The van der Waals surface area contributed by atoms with Crippen molar-refractivity contribution in [1.29, 1.82) is 0 Å². The van der Waals surface area contributed by atoms with Crippen LogP contribution in [0.2, 0.25) is 0 Å². The maximum absolute atomic E-state index is 12.6. The highest BCUT2D eigenvalue weighted by atomic mass is 35.5. The van der Waals surface area contributed by atoms with E-state index in [2.05, 4.69) is 20.4 Å². The molecule has 2 unspecified atom stereocenters. The minimum absolute atomic E-state index is 0. The standard InChI is InChI=1S/C14H22F3N5O.ClH/c1-21-6-4-18-7-11(21)12-19-13(23-20-12)10-3-2-5-22(8-10)9-14(15,16)17;/h10-11,18H,2-9H2,1H3;1H. The molecule has 1 aromatic rings. The SMILES string of the molecule is CN1CCNCC1c1noc(C2CCCN(CC(F)(F)F)C2)n1.Cl. The zero-order valence-corrected chi connectivity index (χ0v) is 14.4. The van der Waals surface area contributed by atoms with E-state index >= 15 is 0 Å². The third kappa shape index (κ3) is 4.81. The average molecular weight is 370 g/mol. The summed E-state index contributed by atoms with van der Waals surface area (Å²) >= 11 is 0. The van der Waals surface area contributed by atoms with Gasteiger partial charge in [0.1, 0.15) is 0 Å². The molecule has 2 aliphatic rings. The summed E-state index contributed by atoms with van der Waals surface area (Å²) in [5.74, 6) is 0.961. The summed E-state index contributed by atoms with van der Waals surface area (Å²) in [7, 11) is 2.01. The van der Waals surface area contributed by atoms with Gasteiger partial charge in [-0.3, -0.25) is 9.80 Å². The number of rotatable bonds is 3. The molecule has 1 N–H and O–H groups in total. The number of piperazine rings is 1. The number of piperidine rings is 1. The van der Waals surface area contributed by atoms with Gasteiger partial charge in [-0.2, -0.15) is 18.2 Å². The third-order valence-electron chi connectivity index (χ3n) is 4.52. The Morgan fingerprint density at radius 1 is 1.33 bits per heavy atom. The molecule has 1 aromatic heterocycles. The zero-order valence-electron chi connectivity index (χ0n) is 13.6. The highest BCUT2D eigenvalue weighted by molar-refractivity contribution is 5.85. The predicted molar refractivity (Wildman–Crippen MR) is 84.3 cm³/mol. The minimum Gasteiger partial charge on any atom is -0.339 e. The Hall–Kier alpha value is -0.900. The highest BCUT2D eigenvalue weighted by Gasteiger charge is 2.35. The number of nitrogens with one attached hydrogen (secondary N) is 1. The van der Waals surface area contributed by atoms with Gasteiger partial charge in [0, 0.05) is 26.2 Å². The van der Waals surface area contributed by atoms with Gasteiger partial charge >= 0.3 is 6.18 Å². The molecule has 0 radical (unpaired) electrons. The largest absolute Gasteiger partial charge is 0.401 e. The van der Waals surface area contributed by atoms with E-state index in [1.54, 1.807) is 0 Å². The van der Waals surface area contributed by atoms with Crippen LogP contribution in [0.1, 0.15) is 36.5 Å². The molecule has 0 bridgehead atoms. The molecule has 2 aliphatic heterocycles. The van der Waals surface area contributed by atoms with Gasteiger partial charge in [0.25, 0.3) is 0 Å². The first-order valence-corrected chi connectivity index (χ1v) is 7.96. The highest BCUT2D eigenvalue weighted by Crippen LogP contribution is 2.29. The molecule has 10 heteroatoms. The van der Waals surface area contributed by atoms with Gasteiger partial charge in [-0.1, -0.05) is 5.16 Å². The molecule has 0 aromatic carbocycles. The topological polar surface area (TPSA) is 57.4 Å². The van der Waals surface area contributed by atoms with Crippen molar-refractivity contribution in [3.8, 4) is 0 Å².